The smallest absolute Gasteiger partial charge is 0.276 e. The van der Waals surface area contributed by atoms with Crippen molar-refractivity contribution < 1.29 is 9.63 Å². The fraction of sp³-hybridized carbons (Fsp3) is 0.370. The zero-order chi connectivity index (χ0) is 24.8. The van der Waals surface area contributed by atoms with Crippen LogP contribution in [0.25, 0.3) is 23.0 Å². The number of aryl methyl sites for hydroxylation is 1. The molecular weight excluding hydrogens is 440 g/mol. The Kier molecular flexibility index (Phi) is 5.73. The standard InChI is InChI=1S/C27H30N6O2/c1-17(2)19-6-8-21(9-7-19)27(34,26(4)14-33(5)15-26)22-11-20(12-28-13-22)24-31-25(35-32-24)23-10-18(3)29-16-30-23/h6-13,16-17,34H,14-15H2,1-5H3/t27-/m0/s1. The molecule has 1 aliphatic heterocycles. The topological polar surface area (TPSA) is 101 Å². The van der Waals surface area contributed by atoms with Crippen LogP contribution in [0.4, 0.5) is 0 Å². The van der Waals surface area contributed by atoms with Gasteiger partial charge in [0.25, 0.3) is 5.89 Å². The molecule has 4 aromatic rings. The predicted molar refractivity (Wildman–Crippen MR) is 132 cm³/mol. The molecule has 0 aliphatic carbocycles. The lowest BCUT2D eigenvalue weighted by atomic mass is 9.62. The molecule has 3 aromatic heterocycles. The molecule has 0 radical (unpaired) electrons. The Hall–Kier alpha value is -3.49. The summed E-state index contributed by atoms with van der Waals surface area (Å²) >= 11 is 0. The van der Waals surface area contributed by atoms with Crippen LogP contribution < -0.4 is 0 Å². The van der Waals surface area contributed by atoms with Gasteiger partial charge in [0, 0.05) is 47.7 Å². The second-order valence-electron chi connectivity index (χ2n) is 10.2. The van der Waals surface area contributed by atoms with Gasteiger partial charge in [-0.3, -0.25) is 4.98 Å². The molecule has 5 rings (SSSR count). The summed E-state index contributed by atoms with van der Waals surface area (Å²) in [6.07, 6.45) is 4.89. The molecule has 1 saturated heterocycles. The number of likely N-dealkylation sites (tertiary alicyclic amines) is 1. The summed E-state index contributed by atoms with van der Waals surface area (Å²) in [5, 5.41) is 16.6. The van der Waals surface area contributed by atoms with E-state index in [0.717, 1.165) is 24.3 Å². The number of pyridine rings is 1. The van der Waals surface area contributed by atoms with Crippen LogP contribution in [-0.2, 0) is 5.60 Å². The maximum Gasteiger partial charge on any atom is 0.276 e. The Labute approximate surface area is 205 Å². The molecule has 0 bridgehead atoms. The van der Waals surface area contributed by atoms with E-state index >= 15 is 0 Å². The van der Waals surface area contributed by atoms with E-state index in [4.69, 9.17) is 4.52 Å². The first-order chi connectivity index (χ1) is 16.7. The van der Waals surface area contributed by atoms with E-state index in [1.165, 1.54) is 11.9 Å². The summed E-state index contributed by atoms with van der Waals surface area (Å²) < 4.78 is 5.47. The highest BCUT2D eigenvalue weighted by Gasteiger charge is 2.55. The monoisotopic (exact) mass is 470 g/mol. The van der Waals surface area contributed by atoms with Crippen molar-refractivity contribution in [2.75, 3.05) is 20.1 Å². The molecule has 180 valence electrons. The third-order valence-electron chi connectivity index (χ3n) is 6.97. The number of aliphatic hydroxyl groups is 1. The summed E-state index contributed by atoms with van der Waals surface area (Å²) in [6.45, 7) is 9.86. The van der Waals surface area contributed by atoms with Crippen LogP contribution in [0.1, 0.15) is 49.1 Å². The van der Waals surface area contributed by atoms with Crippen LogP contribution in [-0.4, -0.2) is 55.2 Å². The van der Waals surface area contributed by atoms with Gasteiger partial charge in [-0.05, 0) is 43.1 Å². The van der Waals surface area contributed by atoms with E-state index < -0.39 is 5.60 Å². The summed E-state index contributed by atoms with van der Waals surface area (Å²) in [4.78, 5) is 19.5. The molecule has 8 heteroatoms. The van der Waals surface area contributed by atoms with Crippen LogP contribution in [0.3, 0.4) is 0 Å². The van der Waals surface area contributed by atoms with E-state index in [-0.39, 0.29) is 5.41 Å². The summed E-state index contributed by atoms with van der Waals surface area (Å²) in [5.41, 5.74) is 3.19. The molecule has 1 atom stereocenters. The molecule has 0 unspecified atom stereocenters. The van der Waals surface area contributed by atoms with Crippen molar-refractivity contribution in [3.8, 4) is 23.0 Å². The Morgan fingerprint density at radius 1 is 1.06 bits per heavy atom. The Morgan fingerprint density at radius 3 is 2.46 bits per heavy atom. The summed E-state index contributed by atoms with van der Waals surface area (Å²) in [7, 11) is 2.06. The van der Waals surface area contributed by atoms with E-state index in [2.05, 4.69) is 69.9 Å². The normalized spacial score (nSPS) is 17.2. The highest BCUT2D eigenvalue weighted by Crippen LogP contribution is 2.50. The minimum Gasteiger partial charge on any atom is -0.380 e. The lowest BCUT2D eigenvalue weighted by Crippen LogP contribution is -2.63. The quantitative estimate of drug-likeness (QED) is 0.447. The van der Waals surface area contributed by atoms with Gasteiger partial charge in [-0.25, -0.2) is 9.97 Å². The Bertz CT molecular complexity index is 1340. The molecule has 0 amide bonds. The van der Waals surface area contributed by atoms with Crippen LogP contribution >= 0.6 is 0 Å². The first-order valence-electron chi connectivity index (χ1n) is 11.8. The fourth-order valence-electron chi connectivity index (χ4n) is 5.12. The van der Waals surface area contributed by atoms with Gasteiger partial charge in [-0.1, -0.05) is 50.2 Å². The predicted octanol–water partition coefficient (Wildman–Crippen LogP) is 4.21. The van der Waals surface area contributed by atoms with Crippen LogP contribution in [0.2, 0.25) is 0 Å². The lowest BCUT2D eigenvalue weighted by Gasteiger charge is -2.55. The third-order valence-corrected chi connectivity index (χ3v) is 6.97. The molecular formula is C27H30N6O2. The van der Waals surface area contributed by atoms with E-state index in [0.29, 0.717) is 34.5 Å². The summed E-state index contributed by atoms with van der Waals surface area (Å²) in [5.74, 6) is 1.11. The number of hydrogen-bond donors (Lipinski definition) is 1. The molecule has 0 spiro atoms. The van der Waals surface area contributed by atoms with Gasteiger partial charge in [-0.2, -0.15) is 4.98 Å². The zero-order valence-corrected chi connectivity index (χ0v) is 20.7. The first kappa shape index (κ1) is 23.3. The maximum atomic E-state index is 12.4. The summed E-state index contributed by atoms with van der Waals surface area (Å²) in [6, 6.07) is 12.0. The highest BCUT2D eigenvalue weighted by atomic mass is 16.5. The molecule has 1 aliphatic rings. The van der Waals surface area contributed by atoms with E-state index in [1.54, 1.807) is 18.5 Å². The number of hydrogen-bond acceptors (Lipinski definition) is 8. The minimum atomic E-state index is -1.24. The largest absolute Gasteiger partial charge is 0.380 e. The van der Waals surface area contributed by atoms with Gasteiger partial charge in [0.2, 0.25) is 5.82 Å². The van der Waals surface area contributed by atoms with E-state index in [1.807, 2.05) is 25.1 Å². The van der Waals surface area contributed by atoms with Gasteiger partial charge in [-0.15, -0.1) is 0 Å². The van der Waals surface area contributed by atoms with Gasteiger partial charge >= 0.3 is 0 Å². The number of aromatic nitrogens is 5. The van der Waals surface area contributed by atoms with Crippen molar-refractivity contribution in [1.29, 1.82) is 0 Å². The van der Waals surface area contributed by atoms with Crippen LogP contribution in [0.15, 0.2) is 59.6 Å². The van der Waals surface area contributed by atoms with E-state index in [9.17, 15) is 5.11 Å². The second-order valence-corrected chi connectivity index (χ2v) is 10.2. The average molecular weight is 471 g/mol. The third kappa shape index (κ3) is 4.02. The van der Waals surface area contributed by atoms with Gasteiger partial charge in [0.15, 0.2) is 0 Å². The Balaban J connectivity index is 1.56. The fourth-order valence-corrected chi connectivity index (χ4v) is 5.12. The van der Waals surface area contributed by atoms with Gasteiger partial charge in [0.05, 0.1) is 0 Å². The first-order valence-corrected chi connectivity index (χ1v) is 11.8. The van der Waals surface area contributed by atoms with Crippen molar-refractivity contribution in [2.45, 2.75) is 39.2 Å². The second kappa shape index (κ2) is 8.62. The molecule has 8 nitrogen and oxygen atoms in total. The molecule has 4 heterocycles. The van der Waals surface area contributed by atoms with Crippen LogP contribution in [0.5, 0.6) is 0 Å². The van der Waals surface area contributed by atoms with Crippen molar-refractivity contribution in [1.82, 2.24) is 30.0 Å². The molecule has 1 aromatic carbocycles. The maximum absolute atomic E-state index is 12.4. The SMILES string of the molecule is Cc1cc(-c2nc(-c3cncc([C@@](O)(c4ccc(C(C)C)cc4)C4(C)CN(C)C4)c3)no2)ncn1. The Morgan fingerprint density at radius 2 is 1.80 bits per heavy atom. The number of benzene rings is 1. The molecule has 35 heavy (non-hydrogen) atoms. The highest BCUT2D eigenvalue weighted by molar-refractivity contribution is 5.59. The minimum absolute atomic E-state index is 0.308. The van der Waals surface area contributed by atoms with Crippen molar-refractivity contribution in [3.63, 3.8) is 0 Å². The van der Waals surface area contributed by atoms with Crippen molar-refractivity contribution in [3.05, 3.63) is 77.5 Å². The van der Waals surface area contributed by atoms with Gasteiger partial charge < -0.3 is 14.5 Å². The molecule has 1 fully saturated rings. The lowest BCUT2D eigenvalue weighted by molar-refractivity contribution is -0.127. The number of nitrogens with zero attached hydrogens (tertiary/aromatic N) is 6. The van der Waals surface area contributed by atoms with Gasteiger partial charge in [0.1, 0.15) is 17.6 Å². The number of rotatable bonds is 6. The van der Waals surface area contributed by atoms with Crippen molar-refractivity contribution >= 4 is 0 Å². The van der Waals surface area contributed by atoms with Crippen molar-refractivity contribution in [2.24, 2.45) is 5.41 Å². The molecule has 0 saturated carbocycles. The molecule has 1 N–H and O–H groups in total. The zero-order valence-electron chi connectivity index (χ0n) is 20.7. The average Bonchev–Trinajstić information content (AvgIpc) is 3.33. The van der Waals surface area contributed by atoms with Crippen LogP contribution in [0, 0.1) is 12.3 Å².